The normalized spacial score (nSPS) is 23.0. The molecule has 2 heterocycles. The number of nitrogens with zero attached hydrogens (tertiary/aromatic N) is 1. The van der Waals surface area contributed by atoms with Gasteiger partial charge in [0, 0.05) is 37.0 Å². The minimum atomic E-state index is -4.46. The number of ether oxygens (including phenoxy) is 2. The molecule has 8 nitrogen and oxygen atoms in total. The van der Waals surface area contributed by atoms with Crippen molar-refractivity contribution in [3.05, 3.63) is 53.6 Å². The van der Waals surface area contributed by atoms with Gasteiger partial charge in [0.1, 0.15) is 18.0 Å². The van der Waals surface area contributed by atoms with Crippen molar-refractivity contribution >= 4 is 23.3 Å². The van der Waals surface area contributed by atoms with E-state index >= 15 is 0 Å². The number of nitrogens with one attached hydrogen (secondary N) is 2. The number of alkyl halides is 3. The van der Waals surface area contributed by atoms with E-state index in [9.17, 15) is 27.9 Å². The van der Waals surface area contributed by atoms with Gasteiger partial charge in [-0.1, -0.05) is 0 Å². The number of amides is 3. The number of aliphatic hydroxyl groups excluding tert-OH is 1. The number of carbonyl (C=O) groups excluding carboxylic acids is 2. The van der Waals surface area contributed by atoms with Gasteiger partial charge in [-0.25, -0.2) is 4.79 Å². The molecule has 0 unspecified atom stereocenters. The zero-order valence-electron chi connectivity index (χ0n) is 19.1. The van der Waals surface area contributed by atoms with Crippen LogP contribution < -0.4 is 15.4 Å². The van der Waals surface area contributed by atoms with Crippen LogP contribution >= 0.6 is 0 Å². The number of fused-ring (bicyclic) bond motifs is 3. The molecule has 2 aromatic carbocycles. The largest absolute Gasteiger partial charge is 0.487 e. The Hall–Kier alpha value is -3.31. The summed E-state index contributed by atoms with van der Waals surface area (Å²) in [5, 5.41) is 15.0. The predicted octanol–water partition coefficient (Wildman–Crippen LogP) is 3.82. The van der Waals surface area contributed by atoms with Crippen LogP contribution in [0.5, 0.6) is 5.75 Å². The van der Waals surface area contributed by atoms with Crippen molar-refractivity contribution in [1.29, 1.82) is 0 Å². The van der Waals surface area contributed by atoms with E-state index in [4.69, 9.17) is 9.47 Å². The van der Waals surface area contributed by atoms with Crippen LogP contribution in [0.25, 0.3) is 0 Å². The fourth-order valence-corrected chi connectivity index (χ4v) is 4.38. The van der Waals surface area contributed by atoms with E-state index in [1.807, 2.05) is 0 Å². The second kappa shape index (κ2) is 9.74. The fourth-order valence-electron chi connectivity index (χ4n) is 4.38. The first-order valence-electron chi connectivity index (χ1n) is 11.1. The summed E-state index contributed by atoms with van der Waals surface area (Å²) in [5.74, 6) is 0.380. The van der Waals surface area contributed by atoms with Crippen LogP contribution in [0.2, 0.25) is 0 Å². The van der Waals surface area contributed by atoms with Gasteiger partial charge in [-0.2, -0.15) is 13.2 Å². The van der Waals surface area contributed by atoms with Crippen LogP contribution in [0.1, 0.15) is 29.9 Å². The molecule has 11 heteroatoms. The molecule has 0 spiro atoms. The maximum Gasteiger partial charge on any atom is 0.416 e. The van der Waals surface area contributed by atoms with Crippen molar-refractivity contribution in [2.45, 2.75) is 43.2 Å². The van der Waals surface area contributed by atoms with Gasteiger partial charge in [0.25, 0.3) is 0 Å². The maximum absolute atomic E-state index is 12.7. The lowest BCUT2D eigenvalue weighted by Gasteiger charge is -2.37. The second-order valence-corrected chi connectivity index (χ2v) is 8.80. The molecule has 3 amide bonds. The van der Waals surface area contributed by atoms with Gasteiger partial charge in [-0.05, 0) is 48.9 Å². The summed E-state index contributed by atoms with van der Waals surface area (Å²) in [5.41, 5.74) is 0.695. The smallest absolute Gasteiger partial charge is 0.416 e. The molecule has 0 bridgehead atoms. The summed E-state index contributed by atoms with van der Waals surface area (Å²) < 4.78 is 50.1. The summed E-state index contributed by atoms with van der Waals surface area (Å²) in [4.78, 5) is 26.1. The highest BCUT2D eigenvalue weighted by Crippen LogP contribution is 2.47. The van der Waals surface area contributed by atoms with Crippen LogP contribution in [0.15, 0.2) is 42.5 Å². The monoisotopic (exact) mass is 493 g/mol. The molecule has 0 saturated carbocycles. The lowest BCUT2D eigenvalue weighted by Crippen LogP contribution is -2.47. The number of halogens is 3. The number of hydrogen-bond donors (Lipinski definition) is 3. The van der Waals surface area contributed by atoms with Gasteiger partial charge in [0.15, 0.2) is 0 Å². The molecule has 1 fully saturated rings. The minimum absolute atomic E-state index is 0.0837. The van der Waals surface area contributed by atoms with E-state index in [1.54, 1.807) is 32.3 Å². The van der Waals surface area contributed by atoms with Crippen molar-refractivity contribution in [3.8, 4) is 5.75 Å². The molecular formula is C24H26F3N3O5. The average molecular weight is 493 g/mol. The SMILES string of the molecule is CN(C)C(=O)C[C@@H]1C[C@@H]2c3cc(NC(=O)Nc4ccc(C(F)(F)F)cc4)ccc3O[C@@H]2[C@@H](CO)O1. The quantitative estimate of drug-likeness (QED) is 0.588. The molecule has 35 heavy (non-hydrogen) atoms. The van der Waals surface area contributed by atoms with Gasteiger partial charge in [-0.15, -0.1) is 0 Å². The first kappa shape index (κ1) is 24.8. The molecule has 0 radical (unpaired) electrons. The highest BCUT2D eigenvalue weighted by Gasteiger charge is 2.46. The van der Waals surface area contributed by atoms with Crippen molar-refractivity contribution in [2.24, 2.45) is 0 Å². The van der Waals surface area contributed by atoms with Gasteiger partial charge in [0.2, 0.25) is 5.91 Å². The Labute approximate surface area is 200 Å². The number of urea groups is 1. The zero-order chi connectivity index (χ0) is 25.3. The summed E-state index contributed by atoms with van der Waals surface area (Å²) in [6, 6.07) is 8.63. The number of rotatable bonds is 5. The van der Waals surface area contributed by atoms with Crippen LogP contribution in [-0.4, -0.2) is 61.0 Å². The van der Waals surface area contributed by atoms with Gasteiger partial charge >= 0.3 is 12.2 Å². The molecule has 4 rings (SSSR count). The Morgan fingerprint density at radius 3 is 2.37 bits per heavy atom. The standard InChI is InChI=1S/C24H26F3N3O5/c1-30(2)21(32)11-16-10-18-17-9-15(7-8-19(17)35-22(18)20(12-31)34-16)29-23(33)28-14-5-3-13(4-6-14)24(25,26)27/h3-9,16,18,20,22,31H,10-12H2,1-2H3,(H2,28,29,33)/t16-,18+,20+,22-/m0/s1. The molecule has 0 aromatic heterocycles. The molecule has 2 aromatic rings. The Morgan fingerprint density at radius 1 is 1.09 bits per heavy atom. The molecule has 4 atom stereocenters. The average Bonchev–Trinajstić information content (AvgIpc) is 3.16. The summed E-state index contributed by atoms with van der Waals surface area (Å²) in [7, 11) is 3.33. The zero-order valence-corrected chi connectivity index (χ0v) is 19.1. The Bertz CT molecular complexity index is 1090. The third-order valence-electron chi connectivity index (χ3n) is 6.13. The fraction of sp³-hybridized carbons (Fsp3) is 0.417. The first-order valence-corrected chi connectivity index (χ1v) is 11.1. The van der Waals surface area contributed by atoms with Crippen molar-refractivity contribution in [3.63, 3.8) is 0 Å². The van der Waals surface area contributed by atoms with E-state index in [-0.39, 0.29) is 30.5 Å². The van der Waals surface area contributed by atoms with E-state index in [0.717, 1.165) is 17.7 Å². The summed E-state index contributed by atoms with van der Waals surface area (Å²) >= 11 is 0. The summed E-state index contributed by atoms with van der Waals surface area (Å²) in [6.45, 7) is -0.261. The number of carbonyl (C=O) groups is 2. The van der Waals surface area contributed by atoms with Crippen molar-refractivity contribution in [2.75, 3.05) is 31.3 Å². The molecular weight excluding hydrogens is 467 g/mol. The first-order chi connectivity index (χ1) is 16.5. The van der Waals surface area contributed by atoms with Gasteiger partial charge in [0.05, 0.1) is 24.7 Å². The third kappa shape index (κ3) is 5.51. The molecule has 3 N–H and O–H groups in total. The Kier molecular flexibility index (Phi) is 6.91. The van der Waals surface area contributed by atoms with E-state index in [0.29, 0.717) is 17.9 Å². The number of hydrogen-bond acceptors (Lipinski definition) is 5. The number of anilines is 2. The van der Waals surface area contributed by atoms with E-state index < -0.39 is 36.1 Å². The number of benzene rings is 2. The lowest BCUT2D eigenvalue weighted by atomic mass is 9.84. The minimum Gasteiger partial charge on any atom is -0.487 e. The topological polar surface area (TPSA) is 100 Å². The molecule has 1 saturated heterocycles. The van der Waals surface area contributed by atoms with E-state index in [1.165, 1.54) is 17.0 Å². The molecule has 2 aliphatic rings. The highest BCUT2D eigenvalue weighted by atomic mass is 19.4. The number of aliphatic hydroxyl groups is 1. The van der Waals surface area contributed by atoms with Crippen molar-refractivity contribution < 1.29 is 37.3 Å². The van der Waals surface area contributed by atoms with Gasteiger partial charge in [-0.3, -0.25) is 4.79 Å². The third-order valence-corrected chi connectivity index (χ3v) is 6.13. The molecule has 2 aliphatic heterocycles. The van der Waals surface area contributed by atoms with Crippen LogP contribution in [0.3, 0.4) is 0 Å². The Morgan fingerprint density at radius 2 is 1.74 bits per heavy atom. The molecule has 0 aliphatic carbocycles. The van der Waals surface area contributed by atoms with Crippen molar-refractivity contribution in [1.82, 2.24) is 4.90 Å². The molecule has 188 valence electrons. The van der Waals surface area contributed by atoms with Crippen LogP contribution in [0, 0.1) is 0 Å². The van der Waals surface area contributed by atoms with Crippen LogP contribution in [0.4, 0.5) is 29.3 Å². The second-order valence-electron chi connectivity index (χ2n) is 8.80. The summed E-state index contributed by atoms with van der Waals surface area (Å²) in [6.07, 6.45) is -5.18. The van der Waals surface area contributed by atoms with Crippen LogP contribution in [-0.2, 0) is 15.7 Å². The predicted molar refractivity (Wildman–Crippen MR) is 121 cm³/mol. The Balaban J connectivity index is 1.45. The highest BCUT2D eigenvalue weighted by molar-refractivity contribution is 5.99. The maximum atomic E-state index is 12.7. The lowest BCUT2D eigenvalue weighted by molar-refractivity contribution is -0.147. The van der Waals surface area contributed by atoms with Gasteiger partial charge < -0.3 is 30.1 Å². The van der Waals surface area contributed by atoms with E-state index in [2.05, 4.69) is 10.6 Å².